The minimum absolute atomic E-state index is 0.0218. The molecule has 2 aromatic carbocycles. The van der Waals surface area contributed by atoms with Crippen molar-refractivity contribution in [2.24, 2.45) is 5.92 Å². The second-order valence-electron chi connectivity index (χ2n) is 11.0. The van der Waals surface area contributed by atoms with Gasteiger partial charge in [-0.3, -0.25) is 14.4 Å². The second kappa shape index (κ2) is 12.2. The van der Waals surface area contributed by atoms with Crippen LogP contribution in [0.2, 0.25) is 0 Å². The molecule has 0 bridgehead atoms. The van der Waals surface area contributed by atoms with Gasteiger partial charge in [0.05, 0.1) is 6.67 Å². The van der Waals surface area contributed by atoms with Gasteiger partial charge in [-0.05, 0) is 55.5 Å². The number of ether oxygens (including phenoxy) is 2. The lowest BCUT2D eigenvalue weighted by atomic mass is 9.84. The van der Waals surface area contributed by atoms with Crippen LogP contribution in [0.1, 0.15) is 57.9 Å². The number of carbonyl (C=O) groups is 3. The maximum atomic E-state index is 14.0. The molecule has 0 aliphatic carbocycles. The number of anilines is 1. The van der Waals surface area contributed by atoms with Gasteiger partial charge in [0.2, 0.25) is 18.6 Å². The highest BCUT2D eigenvalue weighted by molar-refractivity contribution is 5.96. The Morgan fingerprint density at radius 3 is 2.50 bits per heavy atom. The maximum absolute atomic E-state index is 14.0. The van der Waals surface area contributed by atoms with Crippen molar-refractivity contribution in [1.29, 1.82) is 0 Å². The fourth-order valence-corrected chi connectivity index (χ4v) is 6.11. The van der Waals surface area contributed by atoms with Gasteiger partial charge in [-0.1, -0.05) is 51.0 Å². The minimum Gasteiger partial charge on any atom is -0.454 e. The molecule has 40 heavy (non-hydrogen) atoms. The van der Waals surface area contributed by atoms with Gasteiger partial charge in [0.1, 0.15) is 12.1 Å². The number of piperidine rings is 1. The summed E-state index contributed by atoms with van der Waals surface area (Å²) in [4.78, 5) is 46.0. The Kier molecular flexibility index (Phi) is 8.47. The third-order valence-corrected chi connectivity index (χ3v) is 8.49. The average Bonchev–Trinajstić information content (AvgIpc) is 3.56. The number of benzene rings is 2. The molecule has 1 spiro atoms. The third-order valence-electron chi connectivity index (χ3n) is 8.49. The van der Waals surface area contributed by atoms with Gasteiger partial charge in [-0.25, -0.2) is 0 Å². The van der Waals surface area contributed by atoms with Crippen molar-refractivity contribution in [3.63, 3.8) is 0 Å². The molecule has 3 aliphatic rings. The molecule has 9 heteroatoms. The largest absolute Gasteiger partial charge is 0.454 e. The topological polar surface area (TPSA) is 91.4 Å². The molecular formula is C31H40N4O5. The highest BCUT2D eigenvalue weighted by Gasteiger charge is 2.54. The van der Waals surface area contributed by atoms with Crippen molar-refractivity contribution >= 4 is 23.4 Å². The van der Waals surface area contributed by atoms with Gasteiger partial charge in [0.25, 0.3) is 5.91 Å². The summed E-state index contributed by atoms with van der Waals surface area (Å²) in [7, 11) is 0. The first-order chi connectivity index (χ1) is 19.4. The zero-order valence-electron chi connectivity index (χ0n) is 23.6. The molecule has 1 unspecified atom stereocenters. The lowest BCUT2D eigenvalue weighted by Gasteiger charge is -2.44. The van der Waals surface area contributed by atoms with E-state index in [4.69, 9.17) is 9.47 Å². The molecule has 5 rings (SSSR count). The average molecular weight is 549 g/mol. The summed E-state index contributed by atoms with van der Waals surface area (Å²) >= 11 is 0. The van der Waals surface area contributed by atoms with Gasteiger partial charge in [-0.2, -0.15) is 0 Å². The number of rotatable bonds is 10. The van der Waals surface area contributed by atoms with E-state index in [2.05, 4.69) is 24.1 Å². The molecule has 0 radical (unpaired) electrons. The first-order valence-electron chi connectivity index (χ1n) is 14.5. The van der Waals surface area contributed by atoms with E-state index in [0.29, 0.717) is 50.6 Å². The Morgan fingerprint density at radius 1 is 1.02 bits per heavy atom. The van der Waals surface area contributed by atoms with E-state index in [-0.39, 0.29) is 37.0 Å². The van der Waals surface area contributed by atoms with E-state index in [1.165, 1.54) is 0 Å². The Hall–Kier alpha value is -3.75. The van der Waals surface area contributed by atoms with E-state index in [1.807, 2.05) is 53.4 Å². The van der Waals surface area contributed by atoms with E-state index >= 15 is 0 Å². The number of hydrogen-bond donors (Lipinski definition) is 1. The number of fused-ring (bicyclic) bond motifs is 1. The molecule has 1 atom stereocenters. The first-order valence-corrected chi connectivity index (χ1v) is 14.5. The number of likely N-dealkylation sites (tertiary alicyclic amines) is 1. The molecule has 214 valence electrons. The second-order valence-corrected chi connectivity index (χ2v) is 11.0. The van der Waals surface area contributed by atoms with Crippen molar-refractivity contribution in [3.8, 4) is 11.5 Å². The molecular weight excluding hydrogens is 508 g/mol. The quantitative estimate of drug-likeness (QED) is 0.484. The number of amides is 3. The van der Waals surface area contributed by atoms with Crippen molar-refractivity contribution < 1.29 is 23.9 Å². The van der Waals surface area contributed by atoms with Gasteiger partial charge in [-0.15, -0.1) is 0 Å². The van der Waals surface area contributed by atoms with Crippen molar-refractivity contribution in [1.82, 2.24) is 15.1 Å². The van der Waals surface area contributed by atoms with Crippen LogP contribution in [0.3, 0.4) is 0 Å². The molecule has 1 N–H and O–H groups in total. The van der Waals surface area contributed by atoms with E-state index in [9.17, 15) is 14.4 Å². The summed E-state index contributed by atoms with van der Waals surface area (Å²) in [6, 6.07) is 15.5. The van der Waals surface area contributed by atoms with Crippen LogP contribution in [0, 0.1) is 5.92 Å². The number of hydrogen-bond acceptors (Lipinski definition) is 6. The summed E-state index contributed by atoms with van der Waals surface area (Å²) < 4.78 is 10.8. The monoisotopic (exact) mass is 548 g/mol. The summed E-state index contributed by atoms with van der Waals surface area (Å²) in [5.41, 5.74) is 1.09. The zero-order valence-corrected chi connectivity index (χ0v) is 23.6. The van der Waals surface area contributed by atoms with Gasteiger partial charge in [0, 0.05) is 31.2 Å². The Bertz CT molecular complexity index is 1210. The summed E-state index contributed by atoms with van der Waals surface area (Å²) in [6.07, 6.45) is 4.97. The number of nitrogens with zero attached hydrogens (tertiary/aromatic N) is 3. The predicted molar refractivity (Wildman–Crippen MR) is 152 cm³/mol. The fourth-order valence-electron chi connectivity index (χ4n) is 6.11. The normalized spacial score (nSPS) is 18.4. The Morgan fingerprint density at radius 2 is 1.77 bits per heavy atom. The molecule has 2 fully saturated rings. The number of para-hydroxylation sites is 1. The van der Waals surface area contributed by atoms with Gasteiger partial charge >= 0.3 is 0 Å². The summed E-state index contributed by atoms with van der Waals surface area (Å²) in [6.45, 7) is 6.16. The highest BCUT2D eigenvalue weighted by Crippen LogP contribution is 2.40. The molecule has 9 nitrogen and oxygen atoms in total. The molecule has 3 aliphatic heterocycles. The van der Waals surface area contributed by atoms with Crippen molar-refractivity contribution in [3.05, 3.63) is 54.1 Å². The fraction of sp³-hybridized carbons (Fsp3) is 0.516. The molecule has 0 aromatic heterocycles. The molecule has 2 saturated heterocycles. The first kappa shape index (κ1) is 27.8. The molecule has 3 heterocycles. The number of unbranched alkanes of at least 4 members (excludes halogenated alkanes) is 1. The molecule has 3 amide bonds. The van der Waals surface area contributed by atoms with Crippen LogP contribution >= 0.6 is 0 Å². The number of nitrogens with one attached hydrogen (secondary N) is 1. The van der Waals surface area contributed by atoms with E-state index in [1.54, 1.807) is 4.90 Å². The van der Waals surface area contributed by atoms with Crippen LogP contribution in [0.4, 0.5) is 5.69 Å². The smallest absolute Gasteiger partial charge is 0.250 e. The van der Waals surface area contributed by atoms with E-state index < -0.39 is 5.54 Å². The van der Waals surface area contributed by atoms with E-state index in [0.717, 1.165) is 36.9 Å². The summed E-state index contributed by atoms with van der Waals surface area (Å²) in [5, 5.41) is 2.94. The standard InChI is InChI=1S/C31H40N4O5/c1-3-5-9-24(4-2)29(37)33-16-14-31(15-17-33)30(38)34(21-35(31)25-10-7-6-8-11-25)20-28(36)32-19-23-12-13-26-27(18-23)40-22-39-26/h6-8,10-13,18,24H,3-5,9,14-17,19-22H2,1-2H3,(H,32,36). The van der Waals surface area contributed by atoms with Crippen LogP contribution in [0.5, 0.6) is 11.5 Å². The van der Waals surface area contributed by atoms with Crippen LogP contribution in [0.25, 0.3) is 0 Å². The maximum Gasteiger partial charge on any atom is 0.250 e. The number of carbonyl (C=O) groups excluding carboxylic acids is 3. The predicted octanol–water partition coefficient (Wildman–Crippen LogP) is 3.92. The Labute approximate surface area is 236 Å². The van der Waals surface area contributed by atoms with Crippen LogP contribution in [-0.4, -0.2) is 66.2 Å². The van der Waals surface area contributed by atoms with Gasteiger partial charge in [0.15, 0.2) is 11.5 Å². The lowest BCUT2D eigenvalue weighted by Crippen LogP contribution is -2.58. The third kappa shape index (κ3) is 5.60. The van der Waals surface area contributed by atoms with Gasteiger partial charge < -0.3 is 29.5 Å². The lowest BCUT2D eigenvalue weighted by molar-refractivity contribution is -0.142. The summed E-state index contributed by atoms with van der Waals surface area (Å²) in [5.74, 6) is 1.36. The van der Waals surface area contributed by atoms with Crippen molar-refractivity contribution in [2.45, 2.75) is 64.5 Å². The van der Waals surface area contributed by atoms with Crippen molar-refractivity contribution in [2.75, 3.05) is 38.0 Å². The Balaban J connectivity index is 1.25. The van der Waals surface area contributed by atoms with Crippen LogP contribution in [-0.2, 0) is 20.9 Å². The zero-order chi connectivity index (χ0) is 28.1. The van der Waals surface area contributed by atoms with Crippen LogP contribution < -0.4 is 19.7 Å². The SMILES string of the molecule is CCCCC(CC)C(=O)N1CCC2(CC1)C(=O)N(CC(=O)NCc1ccc3c(c1)OCO3)CN2c1ccccc1. The molecule has 0 saturated carbocycles. The molecule has 2 aromatic rings. The van der Waals surface area contributed by atoms with Crippen LogP contribution in [0.15, 0.2) is 48.5 Å². The highest BCUT2D eigenvalue weighted by atomic mass is 16.7. The minimum atomic E-state index is -0.763.